The first-order valence-electron chi connectivity index (χ1n) is 7.90. The molecular formula is C17H18N4O4. The maximum atomic E-state index is 12.2. The van der Waals surface area contributed by atoms with E-state index in [2.05, 4.69) is 10.6 Å². The van der Waals surface area contributed by atoms with Crippen LogP contribution in [0.15, 0.2) is 24.3 Å². The quantitative estimate of drug-likeness (QED) is 0.517. The lowest BCUT2D eigenvalue weighted by atomic mass is 10.1. The molecule has 1 aromatic carbocycles. The van der Waals surface area contributed by atoms with E-state index in [1.807, 2.05) is 0 Å². The second-order valence-corrected chi connectivity index (χ2v) is 5.45. The predicted molar refractivity (Wildman–Crippen MR) is 87.3 cm³/mol. The minimum atomic E-state index is -0.387. The molecule has 1 heterocycles. The van der Waals surface area contributed by atoms with Crippen molar-refractivity contribution in [2.24, 2.45) is 0 Å². The van der Waals surface area contributed by atoms with E-state index < -0.39 is 0 Å². The Balaban J connectivity index is 1.67. The van der Waals surface area contributed by atoms with Crippen LogP contribution in [-0.2, 0) is 9.59 Å². The summed E-state index contributed by atoms with van der Waals surface area (Å²) in [5.41, 5.74) is 0.787. The standard InChI is InChI=1S/C17H18N4O4/c18-8-7-15(23)20-10-9-19-14(22)6-3-11-21-16(24)12-4-1-2-5-13(12)17(21)25/h1-2,4-5H,3,6-7,9-11H2,(H,19,22)(H,20,23). The zero-order valence-electron chi connectivity index (χ0n) is 13.6. The van der Waals surface area contributed by atoms with Gasteiger partial charge in [0.05, 0.1) is 17.2 Å². The number of imide groups is 1. The molecule has 1 aliphatic rings. The number of carbonyl (C=O) groups is 4. The molecule has 2 N–H and O–H groups in total. The summed E-state index contributed by atoms with van der Waals surface area (Å²) in [4.78, 5) is 48.2. The molecule has 0 saturated carbocycles. The fraction of sp³-hybridized carbons (Fsp3) is 0.353. The number of carbonyl (C=O) groups excluding carboxylic acids is 4. The average Bonchev–Trinajstić information content (AvgIpc) is 2.84. The van der Waals surface area contributed by atoms with Gasteiger partial charge in [-0.3, -0.25) is 24.1 Å². The van der Waals surface area contributed by atoms with Crippen LogP contribution < -0.4 is 10.6 Å². The van der Waals surface area contributed by atoms with E-state index in [1.54, 1.807) is 30.3 Å². The van der Waals surface area contributed by atoms with Gasteiger partial charge >= 0.3 is 0 Å². The molecular weight excluding hydrogens is 324 g/mol. The molecule has 0 atom stereocenters. The second-order valence-electron chi connectivity index (χ2n) is 5.45. The molecule has 4 amide bonds. The third-order valence-corrected chi connectivity index (χ3v) is 3.67. The van der Waals surface area contributed by atoms with E-state index in [-0.39, 0.29) is 56.1 Å². The van der Waals surface area contributed by atoms with Gasteiger partial charge in [-0.1, -0.05) is 12.1 Å². The Morgan fingerprint density at radius 1 is 1.00 bits per heavy atom. The molecule has 130 valence electrons. The summed E-state index contributed by atoms with van der Waals surface area (Å²) >= 11 is 0. The van der Waals surface area contributed by atoms with Crippen LogP contribution in [0.3, 0.4) is 0 Å². The van der Waals surface area contributed by atoms with Crippen LogP contribution in [0.1, 0.15) is 40.0 Å². The number of hydrogen-bond donors (Lipinski definition) is 2. The molecule has 0 saturated heterocycles. The number of nitrogens with zero attached hydrogens (tertiary/aromatic N) is 2. The summed E-state index contributed by atoms with van der Waals surface area (Å²) in [6, 6.07) is 8.36. The van der Waals surface area contributed by atoms with Gasteiger partial charge < -0.3 is 10.6 Å². The molecule has 8 nitrogen and oxygen atoms in total. The van der Waals surface area contributed by atoms with E-state index in [4.69, 9.17) is 5.26 Å². The van der Waals surface area contributed by atoms with Crippen molar-refractivity contribution in [1.29, 1.82) is 5.26 Å². The van der Waals surface area contributed by atoms with Crippen molar-refractivity contribution in [2.75, 3.05) is 19.6 Å². The van der Waals surface area contributed by atoms with Gasteiger partial charge in [-0.05, 0) is 18.6 Å². The molecule has 0 spiro atoms. The summed E-state index contributed by atoms with van der Waals surface area (Å²) in [5.74, 6) is -1.28. The van der Waals surface area contributed by atoms with Crippen molar-refractivity contribution in [3.8, 4) is 6.07 Å². The summed E-state index contributed by atoms with van der Waals surface area (Å²) in [5, 5.41) is 13.4. The Morgan fingerprint density at radius 2 is 1.56 bits per heavy atom. The Morgan fingerprint density at radius 3 is 2.12 bits per heavy atom. The van der Waals surface area contributed by atoms with Gasteiger partial charge in [0, 0.05) is 26.1 Å². The second kappa shape index (κ2) is 8.59. The highest BCUT2D eigenvalue weighted by molar-refractivity contribution is 6.21. The summed E-state index contributed by atoms with van der Waals surface area (Å²) in [7, 11) is 0. The predicted octanol–water partition coefficient (Wildman–Crippen LogP) is 0.209. The monoisotopic (exact) mass is 342 g/mol. The molecule has 1 aromatic rings. The number of rotatable bonds is 8. The normalized spacial score (nSPS) is 12.5. The van der Waals surface area contributed by atoms with Gasteiger partial charge in [0.2, 0.25) is 11.8 Å². The largest absolute Gasteiger partial charge is 0.354 e. The lowest BCUT2D eigenvalue weighted by Gasteiger charge is -2.13. The van der Waals surface area contributed by atoms with Gasteiger partial charge in [-0.15, -0.1) is 0 Å². The van der Waals surface area contributed by atoms with E-state index in [0.717, 1.165) is 4.90 Å². The number of amides is 4. The van der Waals surface area contributed by atoms with Gasteiger partial charge in [-0.2, -0.15) is 5.26 Å². The van der Waals surface area contributed by atoms with E-state index in [9.17, 15) is 19.2 Å². The van der Waals surface area contributed by atoms with Gasteiger partial charge in [0.1, 0.15) is 6.42 Å². The van der Waals surface area contributed by atoms with Crippen molar-refractivity contribution < 1.29 is 19.2 Å². The smallest absolute Gasteiger partial charge is 0.261 e. The van der Waals surface area contributed by atoms with Crippen LogP contribution in [0.4, 0.5) is 0 Å². The maximum absolute atomic E-state index is 12.2. The number of hydrogen-bond acceptors (Lipinski definition) is 5. The molecule has 2 rings (SSSR count). The summed E-state index contributed by atoms with van der Waals surface area (Å²) < 4.78 is 0. The Bertz CT molecular complexity index is 703. The highest BCUT2D eigenvalue weighted by atomic mass is 16.2. The van der Waals surface area contributed by atoms with Gasteiger partial charge in [0.25, 0.3) is 11.8 Å². The number of fused-ring (bicyclic) bond motifs is 1. The highest BCUT2D eigenvalue weighted by Gasteiger charge is 2.34. The van der Waals surface area contributed by atoms with Crippen molar-refractivity contribution in [3.05, 3.63) is 35.4 Å². The van der Waals surface area contributed by atoms with Crippen molar-refractivity contribution in [2.45, 2.75) is 19.3 Å². The SMILES string of the molecule is N#CCC(=O)NCCNC(=O)CCCN1C(=O)c2ccccc2C1=O. The molecule has 0 fully saturated rings. The van der Waals surface area contributed by atoms with E-state index >= 15 is 0 Å². The molecule has 25 heavy (non-hydrogen) atoms. The lowest BCUT2D eigenvalue weighted by Crippen LogP contribution is -2.35. The van der Waals surface area contributed by atoms with Crippen molar-refractivity contribution in [1.82, 2.24) is 15.5 Å². The van der Waals surface area contributed by atoms with Gasteiger partial charge in [-0.25, -0.2) is 0 Å². The van der Waals surface area contributed by atoms with Crippen LogP contribution >= 0.6 is 0 Å². The fourth-order valence-corrected chi connectivity index (χ4v) is 2.47. The average molecular weight is 342 g/mol. The number of nitriles is 1. The first-order valence-corrected chi connectivity index (χ1v) is 7.90. The minimum absolute atomic E-state index is 0.166. The third kappa shape index (κ3) is 4.64. The number of nitrogens with one attached hydrogen (secondary N) is 2. The summed E-state index contributed by atoms with van der Waals surface area (Å²) in [6.07, 6.45) is 0.311. The van der Waals surface area contributed by atoms with Crippen LogP contribution in [0, 0.1) is 11.3 Å². The minimum Gasteiger partial charge on any atom is -0.354 e. The zero-order valence-corrected chi connectivity index (χ0v) is 13.6. The first kappa shape index (κ1) is 18.1. The van der Waals surface area contributed by atoms with Crippen LogP contribution in [0.5, 0.6) is 0 Å². The topological polar surface area (TPSA) is 119 Å². The molecule has 1 aliphatic heterocycles. The zero-order chi connectivity index (χ0) is 18.2. The Hall–Kier alpha value is -3.21. The third-order valence-electron chi connectivity index (χ3n) is 3.67. The van der Waals surface area contributed by atoms with E-state index in [0.29, 0.717) is 17.5 Å². The van der Waals surface area contributed by atoms with Crippen molar-refractivity contribution >= 4 is 23.6 Å². The van der Waals surface area contributed by atoms with Crippen LogP contribution in [0.2, 0.25) is 0 Å². The molecule has 0 bridgehead atoms. The highest BCUT2D eigenvalue weighted by Crippen LogP contribution is 2.22. The first-order chi connectivity index (χ1) is 12.0. The molecule has 8 heteroatoms. The van der Waals surface area contributed by atoms with Crippen LogP contribution in [-0.4, -0.2) is 48.2 Å². The Kier molecular flexibility index (Phi) is 6.23. The Labute approximate surface area is 144 Å². The van der Waals surface area contributed by atoms with Crippen molar-refractivity contribution in [3.63, 3.8) is 0 Å². The van der Waals surface area contributed by atoms with Gasteiger partial charge in [0.15, 0.2) is 0 Å². The number of benzene rings is 1. The van der Waals surface area contributed by atoms with Crippen LogP contribution in [0.25, 0.3) is 0 Å². The van der Waals surface area contributed by atoms with E-state index in [1.165, 1.54) is 0 Å². The lowest BCUT2D eigenvalue weighted by molar-refractivity contribution is -0.122. The molecule has 0 aliphatic carbocycles. The molecule has 0 unspecified atom stereocenters. The molecule has 0 radical (unpaired) electrons. The summed E-state index contributed by atoms with van der Waals surface area (Å²) in [6.45, 7) is 0.673. The maximum Gasteiger partial charge on any atom is 0.261 e. The molecule has 0 aromatic heterocycles. The fourth-order valence-electron chi connectivity index (χ4n) is 2.47.